The highest BCUT2D eigenvalue weighted by Crippen LogP contribution is 2.17. The third-order valence-corrected chi connectivity index (χ3v) is 3.73. The minimum atomic E-state index is 0.141. The molecule has 0 aliphatic heterocycles. The molecule has 0 radical (unpaired) electrons. The number of oxime groups is 1. The van der Waals surface area contributed by atoms with Gasteiger partial charge in [-0.2, -0.15) is 0 Å². The molecule has 0 saturated carbocycles. The van der Waals surface area contributed by atoms with E-state index in [2.05, 4.69) is 40.7 Å². The van der Waals surface area contributed by atoms with Crippen LogP contribution in [0, 0.1) is 0 Å². The van der Waals surface area contributed by atoms with E-state index >= 15 is 0 Å². The van der Waals surface area contributed by atoms with Gasteiger partial charge in [-0.3, -0.25) is 0 Å². The van der Waals surface area contributed by atoms with Crippen molar-refractivity contribution in [3.63, 3.8) is 0 Å². The van der Waals surface area contributed by atoms with Crippen molar-refractivity contribution in [3.8, 4) is 0 Å². The van der Waals surface area contributed by atoms with Crippen LogP contribution in [0.4, 0.5) is 0 Å². The first-order valence-corrected chi connectivity index (χ1v) is 6.98. The predicted octanol–water partition coefficient (Wildman–Crippen LogP) is 2.08. The quantitative estimate of drug-likeness (QED) is 0.367. The number of nitrogens with two attached hydrogens (primary N) is 1. The van der Waals surface area contributed by atoms with E-state index < -0.39 is 0 Å². The highest BCUT2D eigenvalue weighted by atomic mass is 16.4. The largest absolute Gasteiger partial charge is 0.409 e. The summed E-state index contributed by atoms with van der Waals surface area (Å²) in [5, 5.41) is 12.9. The van der Waals surface area contributed by atoms with Crippen LogP contribution in [0.1, 0.15) is 19.4 Å². The molecule has 0 aliphatic carbocycles. The van der Waals surface area contributed by atoms with Crippen molar-refractivity contribution in [2.24, 2.45) is 10.9 Å². The number of aromatic nitrogens is 1. The van der Waals surface area contributed by atoms with Gasteiger partial charge in [-0.15, -0.1) is 0 Å². The van der Waals surface area contributed by atoms with Gasteiger partial charge in [-0.1, -0.05) is 19.0 Å². The molecule has 2 rings (SSSR count). The fourth-order valence-corrected chi connectivity index (χ4v) is 2.40. The van der Waals surface area contributed by atoms with E-state index in [0.29, 0.717) is 0 Å². The number of rotatable bonds is 6. The van der Waals surface area contributed by atoms with Crippen molar-refractivity contribution in [1.29, 1.82) is 0 Å². The lowest BCUT2D eigenvalue weighted by atomic mass is 10.1. The van der Waals surface area contributed by atoms with E-state index in [9.17, 15) is 0 Å². The normalized spacial score (nSPS) is 12.4. The highest BCUT2D eigenvalue weighted by Gasteiger charge is 2.06. The summed E-state index contributed by atoms with van der Waals surface area (Å²) < 4.78 is 2.24. The van der Waals surface area contributed by atoms with Crippen LogP contribution in [0.3, 0.4) is 0 Å². The van der Waals surface area contributed by atoms with Crippen molar-refractivity contribution in [2.75, 3.05) is 19.6 Å². The summed E-state index contributed by atoms with van der Waals surface area (Å²) in [6.45, 7) is 8.51. The molecule has 1 aromatic carbocycles. The van der Waals surface area contributed by atoms with Gasteiger partial charge in [-0.25, -0.2) is 0 Å². The lowest BCUT2D eigenvalue weighted by Crippen LogP contribution is -2.26. The highest BCUT2D eigenvalue weighted by molar-refractivity contribution is 6.00. The molecule has 1 heterocycles. The molecule has 0 atom stereocenters. The van der Waals surface area contributed by atoms with E-state index in [1.165, 1.54) is 5.52 Å². The van der Waals surface area contributed by atoms with Crippen LogP contribution in [0.15, 0.2) is 35.6 Å². The molecule has 0 saturated heterocycles. The number of hydrogen-bond acceptors (Lipinski definition) is 3. The summed E-state index contributed by atoms with van der Waals surface area (Å²) in [6.07, 6.45) is 2.09. The number of hydrogen-bond donors (Lipinski definition) is 2. The van der Waals surface area contributed by atoms with Crippen LogP contribution < -0.4 is 5.73 Å². The zero-order chi connectivity index (χ0) is 14.5. The van der Waals surface area contributed by atoms with Gasteiger partial charge in [0, 0.05) is 35.8 Å². The van der Waals surface area contributed by atoms with Crippen LogP contribution in [0.2, 0.25) is 0 Å². The van der Waals surface area contributed by atoms with Gasteiger partial charge in [-0.05, 0) is 37.4 Å². The Labute approximate surface area is 119 Å². The SMILES string of the molecule is CCN(CC)CCn1ccc2cc(/C(N)=N/O)ccc21. The molecular formula is C15H22N4O. The Morgan fingerprint density at radius 1 is 1.30 bits per heavy atom. The van der Waals surface area contributed by atoms with Crippen LogP contribution in [0.5, 0.6) is 0 Å². The van der Waals surface area contributed by atoms with Crippen molar-refractivity contribution >= 4 is 16.7 Å². The van der Waals surface area contributed by atoms with E-state index in [-0.39, 0.29) is 5.84 Å². The summed E-state index contributed by atoms with van der Waals surface area (Å²) in [6, 6.07) is 7.90. The third kappa shape index (κ3) is 2.93. The second-order valence-electron chi connectivity index (χ2n) is 4.79. The third-order valence-electron chi connectivity index (χ3n) is 3.73. The Morgan fingerprint density at radius 3 is 2.70 bits per heavy atom. The molecule has 1 aromatic heterocycles. The molecule has 0 bridgehead atoms. The van der Waals surface area contributed by atoms with E-state index in [1.807, 2.05) is 18.2 Å². The molecule has 0 unspecified atom stereocenters. The van der Waals surface area contributed by atoms with Gasteiger partial charge in [0.15, 0.2) is 5.84 Å². The number of likely N-dealkylation sites (N-methyl/N-ethyl adjacent to an activating group) is 1. The Balaban J connectivity index is 2.20. The molecule has 0 fully saturated rings. The van der Waals surface area contributed by atoms with Crippen LogP contribution >= 0.6 is 0 Å². The average molecular weight is 274 g/mol. The number of benzene rings is 1. The average Bonchev–Trinajstić information content (AvgIpc) is 2.90. The number of amidine groups is 1. The molecule has 5 nitrogen and oxygen atoms in total. The molecule has 0 spiro atoms. The van der Waals surface area contributed by atoms with Crippen molar-refractivity contribution in [1.82, 2.24) is 9.47 Å². The van der Waals surface area contributed by atoms with Crippen molar-refractivity contribution in [2.45, 2.75) is 20.4 Å². The van der Waals surface area contributed by atoms with Gasteiger partial charge < -0.3 is 20.4 Å². The number of nitrogens with zero attached hydrogens (tertiary/aromatic N) is 3. The zero-order valence-corrected chi connectivity index (χ0v) is 12.1. The van der Waals surface area contributed by atoms with Gasteiger partial charge in [0.25, 0.3) is 0 Å². The summed E-state index contributed by atoms with van der Waals surface area (Å²) in [5.74, 6) is 0.141. The minimum Gasteiger partial charge on any atom is -0.409 e. The summed E-state index contributed by atoms with van der Waals surface area (Å²) in [4.78, 5) is 2.40. The monoisotopic (exact) mass is 274 g/mol. The number of fused-ring (bicyclic) bond motifs is 1. The maximum Gasteiger partial charge on any atom is 0.170 e. The smallest absolute Gasteiger partial charge is 0.170 e. The Morgan fingerprint density at radius 2 is 2.05 bits per heavy atom. The topological polar surface area (TPSA) is 66.8 Å². The molecule has 20 heavy (non-hydrogen) atoms. The summed E-state index contributed by atoms with van der Waals surface area (Å²) >= 11 is 0. The van der Waals surface area contributed by atoms with Gasteiger partial charge in [0.1, 0.15) is 0 Å². The second-order valence-corrected chi connectivity index (χ2v) is 4.79. The maximum atomic E-state index is 8.72. The van der Waals surface area contributed by atoms with E-state index in [1.54, 1.807) is 0 Å². The fourth-order valence-electron chi connectivity index (χ4n) is 2.40. The Kier molecular flexibility index (Phi) is 4.63. The van der Waals surface area contributed by atoms with Gasteiger partial charge in [0.2, 0.25) is 0 Å². The summed E-state index contributed by atoms with van der Waals surface area (Å²) in [5.41, 5.74) is 7.52. The standard InChI is InChI=1S/C15H22N4O/c1-3-18(4-2)9-10-19-8-7-12-11-13(15(16)17-20)5-6-14(12)19/h5-8,11,20H,3-4,9-10H2,1-2H3,(H2,16,17). The maximum absolute atomic E-state index is 8.72. The lowest BCUT2D eigenvalue weighted by molar-refractivity contribution is 0.292. The molecule has 3 N–H and O–H groups in total. The first-order chi connectivity index (χ1) is 9.69. The van der Waals surface area contributed by atoms with Crippen LogP contribution in [0.25, 0.3) is 10.9 Å². The fraction of sp³-hybridized carbons (Fsp3) is 0.400. The van der Waals surface area contributed by atoms with E-state index in [0.717, 1.165) is 37.1 Å². The van der Waals surface area contributed by atoms with Gasteiger partial charge >= 0.3 is 0 Å². The van der Waals surface area contributed by atoms with E-state index in [4.69, 9.17) is 10.9 Å². The van der Waals surface area contributed by atoms with Crippen molar-refractivity contribution in [3.05, 3.63) is 36.0 Å². The molecule has 2 aromatic rings. The molecule has 5 heteroatoms. The molecular weight excluding hydrogens is 252 g/mol. The van der Waals surface area contributed by atoms with Gasteiger partial charge in [0.05, 0.1) is 0 Å². The zero-order valence-electron chi connectivity index (χ0n) is 12.1. The minimum absolute atomic E-state index is 0.141. The first-order valence-electron chi connectivity index (χ1n) is 6.98. The van der Waals surface area contributed by atoms with Crippen molar-refractivity contribution < 1.29 is 5.21 Å². The molecule has 108 valence electrons. The predicted molar refractivity (Wildman–Crippen MR) is 82.2 cm³/mol. The van der Waals surface area contributed by atoms with Crippen LogP contribution in [-0.2, 0) is 6.54 Å². The molecule has 0 aliphatic rings. The van der Waals surface area contributed by atoms with Crippen LogP contribution in [-0.4, -0.2) is 40.1 Å². The Hall–Kier alpha value is -2.01. The summed E-state index contributed by atoms with van der Waals surface area (Å²) in [7, 11) is 0. The Bertz CT molecular complexity index is 599. The lowest BCUT2D eigenvalue weighted by Gasteiger charge is -2.18. The molecule has 0 amide bonds. The second kappa shape index (κ2) is 6.43. The first kappa shape index (κ1) is 14.4.